The van der Waals surface area contributed by atoms with E-state index in [0.29, 0.717) is 23.0 Å². The Labute approximate surface area is 126 Å². The summed E-state index contributed by atoms with van der Waals surface area (Å²) in [5.74, 6) is -0.234. The van der Waals surface area contributed by atoms with E-state index < -0.39 is 0 Å². The van der Waals surface area contributed by atoms with Crippen LogP contribution in [0.1, 0.15) is 11.1 Å². The van der Waals surface area contributed by atoms with Gasteiger partial charge in [-0.1, -0.05) is 18.2 Å². The molecule has 1 heterocycles. The Bertz CT molecular complexity index is 782. The van der Waals surface area contributed by atoms with E-state index in [1.807, 2.05) is 31.2 Å². The highest BCUT2D eigenvalue weighted by Crippen LogP contribution is 2.32. The minimum atomic E-state index is -0.234. The molecule has 1 aromatic heterocycles. The first-order chi connectivity index (χ1) is 10.2. The fourth-order valence-corrected chi connectivity index (χ4v) is 3.23. The van der Waals surface area contributed by atoms with Crippen molar-refractivity contribution in [2.75, 3.05) is 6.54 Å². The van der Waals surface area contributed by atoms with Gasteiger partial charge in [-0.05, 0) is 61.0 Å². The van der Waals surface area contributed by atoms with Crippen molar-refractivity contribution in [2.24, 2.45) is 5.73 Å². The van der Waals surface area contributed by atoms with Gasteiger partial charge in [-0.2, -0.15) is 0 Å². The van der Waals surface area contributed by atoms with Gasteiger partial charge in [-0.3, -0.25) is 0 Å². The van der Waals surface area contributed by atoms with Crippen LogP contribution in [0.2, 0.25) is 0 Å². The fraction of sp³-hybridized carbons (Fsp3) is 0.188. The molecule has 3 aromatic rings. The normalized spacial score (nSPS) is 11.2. The Kier molecular flexibility index (Phi) is 3.94. The third-order valence-electron chi connectivity index (χ3n) is 3.28. The highest BCUT2D eigenvalue weighted by molar-refractivity contribution is 7.99. The van der Waals surface area contributed by atoms with Gasteiger partial charge in [0, 0.05) is 0 Å². The molecule has 108 valence electrons. The maximum atomic E-state index is 14.1. The Morgan fingerprint density at radius 3 is 2.95 bits per heavy atom. The summed E-state index contributed by atoms with van der Waals surface area (Å²) in [5.41, 5.74) is 9.53. The van der Waals surface area contributed by atoms with E-state index in [1.54, 1.807) is 6.07 Å². The number of aromatic amines is 1. The standard InChI is InChI=1S/C16H16FN3S/c1-10-5-6-13-14(9-10)20-16(19-13)21-15-11(7-8-18)3-2-4-12(15)17/h2-6,9H,7-8,18H2,1H3,(H,19,20). The molecule has 0 fully saturated rings. The van der Waals surface area contributed by atoms with Gasteiger partial charge >= 0.3 is 0 Å². The minimum absolute atomic E-state index is 0.234. The smallest absolute Gasteiger partial charge is 0.171 e. The zero-order valence-electron chi connectivity index (χ0n) is 11.7. The van der Waals surface area contributed by atoms with Crippen LogP contribution in [-0.2, 0) is 6.42 Å². The molecule has 3 N–H and O–H groups in total. The highest BCUT2D eigenvalue weighted by atomic mass is 32.2. The predicted octanol–water partition coefficient (Wildman–Crippen LogP) is 3.66. The number of halogens is 1. The fourth-order valence-electron chi connectivity index (χ4n) is 2.27. The Balaban J connectivity index is 1.98. The molecule has 3 nitrogen and oxygen atoms in total. The summed E-state index contributed by atoms with van der Waals surface area (Å²) in [5, 5.41) is 0.693. The molecule has 21 heavy (non-hydrogen) atoms. The molecule has 0 bridgehead atoms. The molecule has 0 radical (unpaired) electrons. The molecule has 0 saturated heterocycles. The minimum Gasteiger partial charge on any atom is -0.333 e. The van der Waals surface area contributed by atoms with E-state index in [4.69, 9.17) is 5.73 Å². The molecule has 0 unspecified atom stereocenters. The molecule has 0 spiro atoms. The summed E-state index contributed by atoms with van der Waals surface area (Å²) < 4.78 is 14.1. The first kappa shape index (κ1) is 14.1. The predicted molar refractivity (Wildman–Crippen MR) is 84.1 cm³/mol. The number of benzene rings is 2. The van der Waals surface area contributed by atoms with Gasteiger partial charge in [-0.25, -0.2) is 9.37 Å². The van der Waals surface area contributed by atoms with Gasteiger partial charge in [0.2, 0.25) is 0 Å². The SMILES string of the molecule is Cc1ccc2nc(Sc3c(F)cccc3CCN)[nH]c2c1. The number of nitrogens with zero attached hydrogens (tertiary/aromatic N) is 1. The molecular weight excluding hydrogens is 285 g/mol. The van der Waals surface area contributed by atoms with Crippen LogP contribution < -0.4 is 5.73 Å². The Hall–Kier alpha value is -1.85. The molecule has 0 aliphatic rings. The average Bonchev–Trinajstić information content (AvgIpc) is 2.84. The number of hydrogen-bond donors (Lipinski definition) is 2. The third-order valence-corrected chi connectivity index (χ3v) is 4.32. The third kappa shape index (κ3) is 2.94. The maximum Gasteiger partial charge on any atom is 0.171 e. The van der Waals surface area contributed by atoms with Crippen LogP contribution in [0.25, 0.3) is 11.0 Å². The lowest BCUT2D eigenvalue weighted by Crippen LogP contribution is -2.04. The molecule has 0 saturated carbocycles. The Morgan fingerprint density at radius 1 is 1.29 bits per heavy atom. The van der Waals surface area contributed by atoms with E-state index in [0.717, 1.165) is 22.2 Å². The van der Waals surface area contributed by atoms with Crippen molar-refractivity contribution in [3.63, 3.8) is 0 Å². The van der Waals surface area contributed by atoms with Gasteiger partial charge in [0.1, 0.15) is 5.82 Å². The number of fused-ring (bicyclic) bond motifs is 1. The molecule has 5 heteroatoms. The highest BCUT2D eigenvalue weighted by Gasteiger charge is 2.12. The van der Waals surface area contributed by atoms with E-state index in [1.165, 1.54) is 17.8 Å². The van der Waals surface area contributed by atoms with Crippen LogP contribution >= 0.6 is 11.8 Å². The van der Waals surface area contributed by atoms with Crippen molar-refractivity contribution >= 4 is 22.8 Å². The van der Waals surface area contributed by atoms with Crippen molar-refractivity contribution in [3.05, 3.63) is 53.3 Å². The molecule has 0 amide bonds. The summed E-state index contributed by atoms with van der Waals surface area (Å²) in [6.45, 7) is 2.53. The van der Waals surface area contributed by atoms with E-state index in [-0.39, 0.29) is 5.82 Å². The average molecular weight is 301 g/mol. The lowest BCUT2D eigenvalue weighted by molar-refractivity contribution is 0.596. The van der Waals surface area contributed by atoms with Crippen LogP contribution in [0.4, 0.5) is 4.39 Å². The second-order valence-corrected chi connectivity index (χ2v) is 5.93. The Morgan fingerprint density at radius 2 is 2.14 bits per heavy atom. The summed E-state index contributed by atoms with van der Waals surface area (Å²) in [6.07, 6.45) is 0.652. The van der Waals surface area contributed by atoms with E-state index in [2.05, 4.69) is 9.97 Å². The van der Waals surface area contributed by atoms with Crippen molar-refractivity contribution in [1.82, 2.24) is 9.97 Å². The number of imidazole rings is 1. The second-order valence-electron chi connectivity index (χ2n) is 4.93. The van der Waals surface area contributed by atoms with Crippen molar-refractivity contribution < 1.29 is 4.39 Å². The number of H-pyrrole nitrogens is 1. The number of nitrogens with two attached hydrogens (primary N) is 1. The van der Waals surface area contributed by atoms with Crippen molar-refractivity contribution in [1.29, 1.82) is 0 Å². The molecule has 2 aromatic carbocycles. The van der Waals surface area contributed by atoms with E-state index >= 15 is 0 Å². The van der Waals surface area contributed by atoms with Crippen molar-refractivity contribution in [2.45, 2.75) is 23.4 Å². The van der Waals surface area contributed by atoms with Crippen LogP contribution in [0, 0.1) is 12.7 Å². The van der Waals surface area contributed by atoms with Gasteiger partial charge in [0.15, 0.2) is 5.16 Å². The number of rotatable bonds is 4. The lowest BCUT2D eigenvalue weighted by Gasteiger charge is -2.07. The summed E-state index contributed by atoms with van der Waals surface area (Å²) in [7, 11) is 0. The van der Waals surface area contributed by atoms with Crippen LogP contribution in [0.15, 0.2) is 46.5 Å². The summed E-state index contributed by atoms with van der Waals surface area (Å²) >= 11 is 1.32. The number of aryl methyl sites for hydroxylation is 1. The van der Waals surface area contributed by atoms with Crippen molar-refractivity contribution in [3.8, 4) is 0 Å². The quantitative estimate of drug-likeness (QED) is 0.773. The lowest BCUT2D eigenvalue weighted by atomic mass is 10.1. The largest absolute Gasteiger partial charge is 0.333 e. The molecule has 0 aliphatic heterocycles. The molecular formula is C16H16FN3S. The summed E-state index contributed by atoms with van der Waals surface area (Å²) in [6, 6.07) is 11.1. The van der Waals surface area contributed by atoms with Gasteiger partial charge in [0.05, 0.1) is 15.9 Å². The number of hydrogen-bond acceptors (Lipinski definition) is 3. The summed E-state index contributed by atoms with van der Waals surface area (Å²) in [4.78, 5) is 8.33. The van der Waals surface area contributed by atoms with Crippen LogP contribution in [0.5, 0.6) is 0 Å². The zero-order chi connectivity index (χ0) is 14.8. The van der Waals surface area contributed by atoms with Gasteiger partial charge in [-0.15, -0.1) is 0 Å². The topological polar surface area (TPSA) is 54.7 Å². The van der Waals surface area contributed by atoms with Crippen LogP contribution in [-0.4, -0.2) is 16.5 Å². The van der Waals surface area contributed by atoms with Gasteiger partial charge < -0.3 is 10.7 Å². The molecule has 0 aliphatic carbocycles. The first-order valence-corrected chi connectivity index (χ1v) is 7.60. The first-order valence-electron chi connectivity index (χ1n) is 6.79. The zero-order valence-corrected chi connectivity index (χ0v) is 12.5. The number of nitrogens with one attached hydrogen (secondary N) is 1. The molecule has 3 rings (SSSR count). The monoisotopic (exact) mass is 301 g/mol. The molecule has 0 atom stereocenters. The van der Waals surface area contributed by atoms with Crippen LogP contribution in [0.3, 0.4) is 0 Å². The second kappa shape index (κ2) is 5.87. The maximum absolute atomic E-state index is 14.1. The van der Waals surface area contributed by atoms with Gasteiger partial charge in [0.25, 0.3) is 0 Å². The van der Waals surface area contributed by atoms with E-state index in [9.17, 15) is 4.39 Å². The number of aromatic nitrogens is 2.